The number of hydrogen-bond acceptors (Lipinski definition) is 7. The van der Waals surface area contributed by atoms with Crippen molar-refractivity contribution in [3.05, 3.63) is 83.0 Å². The van der Waals surface area contributed by atoms with Gasteiger partial charge in [-0.1, -0.05) is 17.3 Å². The van der Waals surface area contributed by atoms with Crippen LogP contribution in [0.25, 0.3) is 28.2 Å². The quantitative estimate of drug-likeness (QED) is 0.406. The molecule has 2 aromatic carbocycles. The summed E-state index contributed by atoms with van der Waals surface area (Å²) in [6, 6.07) is 14.9. The second kappa shape index (κ2) is 8.06. The first-order chi connectivity index (χ1) is 15.6. The highest BCUT2D eigenvalue weighted by Gasteiger charge is 2.16. The Labute approximate surface area is 180 Å². The van der Waals surface area contributed by atoms with Crippen LogP contribution >= 0.6 is 0 Å². The monoisotopic (exact) mass is 432 g/mol. The lowest BCUT2D eigenvalue weighted by Crippen LogP contribution is -2.25. The maximum Gasteiger partial charge on any atom is 0.293 e. The van der Waals surface area contributed by atoms with Gasteiger partial charge >= 0.3 is 0 Å². The number of rotatable bonds is 6. The second-order valence-electron chi connectivity index (χ2n) is 6.90. The standard InChI is InChI=1S/C22H17FN6O3/c1-2-31-19-6-4-3-5-16(19)21-25-20(32-27-21)12-28-22(30)18-11-17(26-29(18)13-24-28)14-7-9-15(23)10-8-14/h3-11,13H,2,12H2,1H3. The minimum atomic E-state index is -0.372. The molecule has 160 valence electrons. The Kier molecular flexibility index (Phi) is 4.94. The van der Waals surface area contributed by atoms with Gasteiger partial charge in [-0.3, -0.25) is 4.79 Å². The molecule has 0 N–H and O–H groups in total. The highest BCUT2D eigenvalue weighted by Crippen LogP contribution is 2.27. The molecule has 0 aliphatic heterocycles. The van der Waals surface area contributed by atoms with E-state index in [1.165, 1.54) is 27.7 Å². The summed E-state index contributed by atoms with van der Waals surface area (Å²) in [5.74, 6) is 0.889. The van der Waals surface area contributed by atoms with Crippen molar-refractivity contribution < 1.29 is 13.7 Å². The van der Waals surface area contributed by atoms with Crippen molar-refractivity contribution in [1.82, 2.24) is 29.5 Å². The normalized spacial score (nSPS) is 11.2. The Morgan fingerprint density at radius 2 is 1.94 bits per heavy atom. The topological polar surface area (TPSA) is 100 Å². The molecule has 0 bridgehead atoms. The molecule has 0 aliphatic carbocycles. The number of hydrogen-bond donors (Lipinski definition) is 0. The lowest BCUT2D eigenvalue weighted by atomic mass is 10.1. The molecule has 0 fully saturated rings. The van der Waals surface area contributed by atoms with Gasteiger partial charge in [0.25, 0.3) is 5.56 Å². The van der Waals surface area contributed by atoms with Crippen LogP contribution in [-0.4, -0.2) is 36.1 Å². The number of nitrogens with zero attached hydrogens (tertiary/aromatic N) is 6. The molecule has 3 aromatic heterocycles. The number of para-hydroxylation sites is 1. The van der Waals surface area contributed by atoms with E-state index in [1.54, 1.807) is 18.2 Å². The highest BCUT2D eigenvalue weighted by molar-refractivity contribution is 5.65. The minimum Gasteiger partial charge on any atom is -0.493 e. The fourth-order valence-electron chi connectivity index (χ4n) is 3.30. The predicted molar refractivity (Wildman–Crippen MR) is 113 cm³/mol. The van der Waals surface area contributed by atoms with Gasteiger partial charge in [0.2, 0.25) is 11.7 Å². The van der Waals surface area contributed by atoms with Crippen LogP contribution in [0, 0.1) is 5.82 Å². The van der Waals surface area contributed by atoms with E-state index < -0.39 is 0 Å². The number of aromatic nitrogens is 6. The van der Waals surface area contributed by atoms with Crippen molar-refractivity contribution in [3.8, 4) is 28.4 Å². The maximum absolute atomic E-state index is 13.2. The van der Waals surface area contributed by atoms with Gasteiger partial charge in [0.1, 0.15) is 30.0 Å². The third-order valence-electron chi connectivity index (χ3n) is 4.81. The zero-order valence-electron chi connectivity index (χ0n) is 17.0. The van der Waals surface area contributed by atoms with Crippen LogP contribution in [0.5, 0.6) is 5.75 Å². The van der Waals surface area contributed by atoms with Crippen LogP contribution in [0.1, 0.15) is 12.8 Å². The minimum absolute atomic E-state index is 0.00377. The van der Waals surface area contributed by atoms with E-state index in [4.69, 9.17) is 9.26 Å². The van der Waals surface area contributed by atoms with Gasteiger partial charge in [-0.25, -0.2) is 13.6 Å². The molecule has 0 unspecified atom stereocenters. The third-order valence-corrected chi connectivity index (χ3v) is 4.81. The van der Waals surface area contributed by atoms with Gasteiger partial charge in [-0.15, -0.1) is 0 Å². The van der Waals surface area contributed by atoms with Gasteiger partial charge in [-0.2, -0.15) is 15.2 Å². The Morgan fingerprint density at radius 3 is 2.75 bits per heavy atom. The van der Waals surface area contributed by atoms with Gasteiger partial charge in [0, 0.05) is 5.56 Å². The molecule has 0 amide bonds. The first-order valence-electron chi connectivity index (χ1n) is 9.88. The smallest absolute Gasteiger partial charge is 0.293 e. The van der Waals surface area contributed by atoms with Crippen molar-refractivity contribution in [2.24, 2.45) is 0 Å². The molecule has 0 saturated carbocycles. The summed E-state index contributed by atoms with van der Waals surface area (Å²) in [4.78, 5) is 17.3. The van der Waals surface area contributed by atoms with E-state index in [9.17, 15) is 9.18 Å². The summed E-state index contributed by atoms with van der Waals surface area (Å²) in [7, 11) is 0. The lowest BCUT2D eigenvalue weighted by molar-refractivity contribution is 0.340. The summed E-state index contributed by atoms with van der Waals surface area (Å²) < 4.78 is 26.7. The zero-order valence-corrected chi connectivity index (χ0v) is 17.0. The molecular formula is C22H17FN6O3. The van der Waals surface area contributed by atoms with E-state index in [0.717, 1.165) is 0 Å². The molecule has 5 aromatic rings. The van der Waals surface area contributed by atoms with Gasteiger partial charge in [0.05, 0.1) is 17.9 Å². The van der Waals surface area contributed by atoms with Crippen LogP contribution in [0.15, 0.2) is 70.2 Å². The van der Waals surface area contributed by atoms with Gasteiger partial charge in [-0.05, 0) is 49.4 Å². The molecule has 0 aliphatic rings. The first-order valence-corrected chi connectivity index (χ1v) is 9.88. The van der Waals surface area contributed by atoms with Crippen molar-refractivity contribution >= 4 is 5.52 Å². The molecule has 9 nitrogen and oxygen atoms in total. The summed E-state index contributed by atoms with van der Waals surface area (Å²) in [6.45, 7) is 2.40. The van der Waals surface area contributed by atoms with E-state index in [1.807, 2.05) is 31.2 Å². The SMILES string of the molecule is CCOc1ccccc1-c1noc(Cn2ncn3nc(-c4ccc(F)cc4)cc3c2=O)n1. The fourth-order valence-corrected chi connectivity index (χ4v) is 3.30. The lowest BCUT2D eigenvalue weighted by Gasteiger charge is -2.06. The number of halogens is 1. The van der Waals surface area contributed by atoms with Crippen molar-refractivity contribution in [2.75, 3.05) is 6.61 Å². The maximum atomic E-state index is 13.2. The molecule has 32 heavy (non-hydrogen) atoms. The van der Waals surface area contributed by atoms with E-state index in [2.05, 4.69) is 20.3 Å². The van der Waals surface area contributed by atoms with Crippen LogP contribution in [0.3, 0.4) is 0 Å². The molecule has 10 heteroatoms. The average molecular weight is 432 g/mol. The molecule has 0 radical (unpaired) electrons. The van der Waals surface area contributed by atoms with Gasteiger partial charge in [0.15, 0.2) is 0 Å². The highest BCUT2D eigenvalue weighted by atomic mass is 19.1. The van der Waals surface area contributed by atoms with Crippen molar-refractivity contribution in [2.45, 2.75) is 13.5 Å². The summed E-state index contributed by atoms with van der Waals surface area (Å²) >= 11 is 0. The van der Waals surface area contributed by atoms with Crippen LogP contribution < -0.4 is 10.3 Å². The number of benzene rings is 2. The molecule has 0 atom stereocenters. The number of fused-ring (bicyclic) bond motifs is 1. The zero-order chi connectivity index (χ0) is 22.1. The Bertz CT molecular complexity index is 1450. The third kappa shape index (κ3) is 3.62. The Balaban J connectivity index is 1.45. The summed E-state index contributed by atoms with van der Waals surface area (Å²) in [5, 5.41) is 12.5. The first kappa shape index (κ1) is 19.6. The number of ether oxygens (including phenoxy) is 1. The molecular weight excluding hydrogens is 415 g/mol. The molecule has 0 saturated heterocycles. The van der Waals surface area contributed by atoms with E-state index >= 15 is 0 Å². The summed E-state index contributed by atoms with van der Waals surface area (Å²) in [5.41, 5.74) is 1.87. The Hall–Kier alpha value is -4.34. The summed E-state index contributed by atoms with van der Waals surface area (Å²) in [6.07, 6.45) is 1.42. The molecule has 0 spiro atoms. The Morgan fingerprint density at radius 1 is 1.12 bits per heavy atom. The average Bonchev–Trinajstić information content (AvgIpc) is 3.45. The van der Waals surface area contributed by atoms with Crippen LogP contribution in [-0.2, 0) is 6.54 Å². The van der Waals surface area contributed by atoms with Crippen LogP contribution in [0.4, 0.5) is 4.39 Å². The van der Waals surface area contributed by atoms with E-state index in [-0.39, 0.29) is 23.8 Å². The van der Waals surface area contributed by atoms with Crippen LogP contribution in [0.2, 0.25) is 0 Å². The molecule has 5 rings (SSSR count). The molecule has 3 heterocycles. The largest absolute Gasteiger partial charge is 0.493 e. The second-order valence-corrected chi connectivity index (χ2v) is 6.90. The van der Waals surface area contributed by atoms with E-state index in [0.29, 0.717) is 40.5 Å². The predicted octanol–water partition coefficient (Wildman–Crippen LogP) is 3.19. The van der Waals surface area contributed by atoms with Gasteiger partial charge < -0.3 is 9.26 Å². The fraction of sp³-hybridized carbons (Fsp3) is 0.136. The van der Waals surface area contributed by atoms with Crippen molar-refractivity contribution in [3.63, 3.8) is 0 Å². The van der Waals surface area contributed by atoms with Crippen molar-refractivity contribution in [1.29, 1.82) is 0 Å².